The van der Waals surface area contributed by atoms with E-state index in [1.54, 1.807) is 31.2 Å². The van der Waals surface area contributed by atoms with Gasteiger partial charge in [-0.1, -0.05) is 41.9 Å². The van der Waals surface area contributed by atoms with Gasteiger partial charge < -0.3 is 14.8 Å². The molecule has 1 aliphatic heterocycles. The maximum atomic E-state index is 13.3. The number of esters is 1. The molecular formula is C23H17ClN2O4. The molecule has 0 bridgehead atoms. The summed E-state index contributed by atoms with van der Waals surface area (Å²) in [5.74, 6) is -0.975. The molecule has 1 heterocycles. The average Bonchev–Trinajstić information content (AvgIpc) is 3.03. The lowest BCUT2D eigenvalue weighted by Gasteiger charge is -2.29. The molecule has 1 atom stereocenters. The summed E-state index contributed by atoms with van der Waals surface area (Å²) in [4.78, 5) is 26.0. The van der Waals surface area contributed by atoms with E-state index in [-0.39, 0.29) is 17.4 Å². The van der Waals surface area contributed by atoms with Gasteiger partial charge in [-0.3, -0.25) is 4.79 Å². The Morgan fingerprint density at radius 3 is 2.63 bits per heavy atom. The largest absolute Gasteiger partial charge is 0.477 e. The van der Waals surface area contributed by atoms with E-state index in [0.29, 0.717) is 39.4 Å². The third kappa shape index (κ3) is 3.04. The Hall–Kier alpha value is -3.56. The van der Waals surface area contributed by atoms with Gasteiger partial charge in [0.2, 0.25) is 0 Å². The van der Waals surface area contributed by atoms with Crippen LogP contribution in [-0.4, -0.2) is 25.5 Å². The number of fused-ring (bicyclic) bond motifs is 2. The number of nitrogens with one attached hydrogen (secondary N) is 1. The second kappa shape index (κ2) is 7.69. The summed E-state index contributed by atoms with van der Waals surface area (Å²) in [6.45, 7) is 1.64. The maximum absolute atomic E-state index is 13.3. The summed E-state index contributed by atoms with van der Waals surface area (Å²) in [6, 6.07) is 14.2. The van der Waals surface area contributed by atoms with Crippen molar-refractivity contribution in [1.29, 1.82) is 5.26 Å². The highest BCUT2D eigenvalue weighted by atomic mass is 35.5. The average molecular weight is 421 g/mol. The van der Waals surface area contributed by atoms with Gasteiger partial charge in [-0.15, -0.1) is 0 Å². The van der Waals surface area contributed by atoms with Gasteiger partial charge in [0.05, 0.1) is 23.4 Å². The first kappa shape index (κ1) is 19.7. The molecule has 0 spiro atoms. The molecule has 2 aromatic carbocycles. The van der Waals surface area contributed by atoms with E-state index < -0.39 is 11.9 Å². The Bertz CT molecular complexity index is 1190. The summed E-state index contributed by atoms with van der Waals surface area (Å²) in [5, 5.41) is 12.2. The van der Waals surface area contributed by atoms with Crippen LogP contribution in [0.4, 0.5) is 0 Å². The first-order valence-electron chi connectivity index (χ1n) is 9.21. The second-order valence-corrected chi connectivity index (χ2v) is 7.30. The third-order valence-corrected chi connectivity index (χ3v) is 5.53. The Balaban J connectivity index is 1.89. The molecule has 7 heteroatoms. The van der Waals surface area contributed by atoms with Crippen molar-refractivity contribution in [1.82, 2.24) is 5.32 Å². The number of methoxy groups -OCH3 is 1. The van der Waals surface area contributed by atoms with Gasteiger partial charge in [-0.05, 0) is 24.6 Å². The number of dihydropyridines is 1. The molecule has 0 saturated heterocycles. The fourth-order valence-electron chi connectivity index (χ4n) is 3.97. The summed E-state index contributed by atoms with van der Waals surface area (Å²) in [7, 11) is 1.31. The van der Waals surface area contributed by atoms with Gasteiger partial charge in [-0.2, -0.15) is 5.26 Å². The second-order valence-electron chi connectivity index (χ2n) is 6.89. The quantitative estimate of drug-likeness (QED) is 0.752. The zero-order valence-electron chi connectivity index (χ0n) is 16.3. The predicted octanol–water partition coefficient (Wildman–Crippen LogP) is 3.98. The maximum Gasteiger partial charge on any atom is 0.336 e. The van der Waals surface area contributed by atoms with E-state index in [0.717, 1.165) is 5.56 Å². The number of Topliss-reactive ketones (excluding diaryl/α,β-unsaturated/α-hetero) is 1. The summed E-state index contributed by atoms with van der Waals surface area (Å²) >= 11 is 6.37. The van der Waals surface area contributed by atoms with Crippen LogP contribution in [0.15, 0.2) is 59.3 Å². The van der Waals surface area contributed by atoms with Crippen molar-refractivity contribution >= 4 is 29.1 Å². The van der Waals surface area contributed by atoms with Gasteiger partial charge >= 0.3 is 5.97 Å². The number of ketones is 1. The van der Waals surface area contributed by atoms with E-state index in [4.69, 9.17) is 26.3 Å². The van der Waals surface area contributed by atoms with E-state index in [1.807, 2.05) is 24.3 Å². The van der Waals surface area contributed by atoms with Crippen molar-refractivity contribution in [3.63, 3.8) is 0 Å². The Labute approximate surface area is 178 Å². The van der Waals surface area contributed by atoms with Gasteiger partial charge in [0.25, 0.3) is 0 Å². The molecule has 0 amide bonds. The van der Waals surface area contributed by atoms with Crippen LogP contribution in [0.2, 0.25) is 5.02 Å². The molecule has 0 aromatic heterocycles. The fourth-order valence-corrected chi connectivity index (χ4v) is 4.21. The SMILES string of the molecule is COC(=O)C1=C(C)NC2=C(C(=O)c3ccccc32)C1c1ccc(OCC#N)c(Cl)c1. The number of rotatable bonds is 4. The molecule has 2 aliphatic rings. The van der Waals surface area contributed by atoms with Crippen molar-refractivity contribution in [2.24, 2.45) is 0 Å². The molecule has 0 fully saturated rings. The Morgan fingerprint density at radius 2 is 1.97 bits per heavy atom. The minimum absolute atomic E-state index is 0.137. The number of halogens is 1. The third-order valence-electron chi connectivity index (χ3n) is 5.24. The highest BCUT2D eigenvalue weighted by Crippen LogP contribution is 2.47. The molecule has 1 N–H and O–H groups in total. The smallest absolute Gasteiger partial charge is 0.336 e. The number of hydrogen-bond donors (Lipinski definition) is 1. The summed E-state index contributed by atoms with van der Waals surface area (Å²) in [5.41, 5.74) is 4.15. The number of ether oxygens (including phenoxy) is 2. The van der Waals surface area contributed by atoms with Gasteiger partial charge in [0, 0.05) is 28.3 Å². The molecule has 30 heavy (non-hydrogen) atoms. The number of nitrogens with zero attached hydrogens (tertiary/aromatic N) is 1. The lowest BCUT2D eigenvalue weighted by Crippen LogP contribution is -2.29. The standard InChI is InChI=1S/C23H17ClN2O4/c1-12-18(23(28)29-2)19(13-7-8-17(16(24)11-13)30-10-9-25)20-21(26-12)14-5-3-4-6-15(14)22(20)27/h3-8,11,19,26H,10H2,1-2H3. The number of allylic oxidation sites excluding steroid dienone is 2. The minimum atomic E-state index is -0.656. The minimum Gasteiger partial charge on any atom is -0.477 e. The highest BCUT2D eigenvalue weighted by Gasteiger charge is 2.42. The van der Waals surface area contributed by atoms with Gasteiger partial charge in [0.15, 0.2) is 12.4 Å². The molecule has 0 saturated carbocycles. The van der Waals surface area contributed by atoms with E-state index >= 15 is 0 Å². The zero-order valence-corrected chi connectivity index (χ0v) is 17.0. The molecular weight excluding hydrogens is 404 g/mol. The van der Waals surface area contributed by atoms with Crippen molar-refractivity contribution in [2.75, 3.05) is 13.7 Å². The summed E-state index contributed by atoms with van der Waals surface area (Å²) < 4.78 is 10.3. The van der Waals surface area contributed by atoms with Gasteiger partial charge in [-0.25, -0.2) is 4.79 Å². The molecule has 0 radical (unpaired) electrons. The number of carbonyl (C=O) groups is 2. The first-order chi connectivity index (χ1) is 14.5. The molecule has 150 valence electrons. The lowest BCUT2D eigenvalue weighted by atomic mass is 9.80. The van der Waals surface area contributed by atoms with E-state index in [1.165, 1.54) is 7.11 Å². The van der Waals surface area contributed by atoms with Crippen LogP contribution in [-0.2, 0) is 9.53 Å². The van der Waals surface area contributed by atoms with Crippen LogP contribution >= 0.6 is 11.6 Å². The van der Waals surface area contributed by atoms with Crippen LogP contribution in [0, 0.1) is 11.3 Å². The Morgan fingerprint density at radius 1 is 1.23 bits per heavy atom. The number of carbonyl (C=O) groups excluding carboxylic acids is 2. The van der Waals surface area contributed by atoms with Gasteiger partial charge in [0.1, 0.15) is 11.8 Å². The highest BCUT2D eigenvalue weighted by molar-refractivity contribution is 6.32. The van der Waals surface area contributed by atoms with E-state index in [2.05, 4.69) is 5.32 Å². The normalized spacial score (nSPS) is 17.1. The van der Waals surface area contributed by atoms with Crippen molar-refractivity contribution in [3.8, 4) is 11.8 Å². The van der Waals surface area contributed by atoms with Crippen LogP contribution in [0.5, 0.6) is 5.75 Å². The molecule has 1 aliphatic carbocycles. The predicted molar refractivity (Wildman–Crippen MR) is 111 cm³/mol. The number of benzene rings is 2. The lowest BCUT2D eigenvalue weighted by molar-refractivity contribution is -0.136. The number of nitriles is 1. The first-order valence-corrected chi connectivity index (χ1v) is 9.59. The van der Waals surface area contributed by atoms with Crippen LogP contribution in [0.3, 0.4) is 0 Å². The van der Waals surface area contributed by atoms with Crippen molar-refractivity contribution in [3.05, 3.63) is 81.0 Å². The van der Waals surface area contributed by atoms with Crippen LogP contribution in [0.1, 0.15) is 34.3 Å². The van der Waals surface area contributed by atoms with Crippen LogP contribution in [0.25, 0.3) is 5.70 Å². The van der Waals surface area contributed by atoms with Crippen LogP contribution < -0.4 is 10.1 Å². The number of hydrogen-bond acceptors (Lipinski definition) is 6. The van der Waals surface area contributed by atoms with Crippen molar-refractivity contribution in [2.45, 2.75) is 12.8 Å². The van der Waals surface area contributed by atoms with E-state index in [9.17, 15) is 9.59 Å². The van der Waals surface area contributed by atoms with Crippen molar-refractivity contribution < 1.29 is 19.1 Å². The topological polar surface area (TPSA) is 88.4 Å². The Kier molecular flexibility index (Phi) is 5.06. The monoisotopic (exact) mass is 420 g/mol. The molecule has 2 aromatic rings. The summed E-state index contributed by atoms with van der Waals surface area (Å²) in [6.07, 6.45) is 0. The molecule has 1 unspecified atom stereocenters. The zero-order chi connectivity index (χ0) is 21.4. The molecule has 4 rings (SSSR count). The molecule has 6 nitrogen and oxygen atoms in total. The fraction of sp³-hybridized carbons (Fsp3) is 0.174.